The molecule has 8 heteroatoms. The Morgan fingerprint density at radius 3 is 2.80 bits per heavy atom. The zero-order valence-electron chi connectivity index (χ0n) is 14.1. The highest BCUT2D eigenvalue weighted by atomic mass is 32.2. The molecule has 0 atom stereocenters. The molecule has 0 saturated heterocycles. The number of hydrogen-bond donors (Lipinski definition) is 1. The molecule has 3 rings (SSSR count). The topological polar surface area (TPSA) is 99.3 Å². The van der Waals surface area contributed by atoms with Crippen LogP contribution < -0.4 is 5.73 Å². The lowest BCUT2D eigenvalue weighted by molar-refractivity contribution is -0.387. The van der Waals surface area contributed by atoms with Crippen molar-refractivity contribution < 1.29 is 4.92 Å². The summed E-state index contributed by atoms with van der Waals surface area (Å²) in [6.07, 6.45) is 9.21. The minimum atomic E-state index is -0.321. The van der Waals surface area contributed by atoms with E-state index in [9.17, 15) is 10.1 Å². The van der Waals surface area contributed by atoms with Gasteiger partial charge in [-0.2, -0.15) is 5.10 Å². The first-order valence-corrected chi connectivity index (χ1v) is 9.22. The smallest absolute Gasteiger partial charge is 0.283 e. The molecule has 132 valence electrons. The second-order valence-corrected chi connectivity index (χ2v) is 7.53. The van der Waals surface area contributed by atoms with Gasteiger partial charge in [0.1, 0.15) is 0 Å². The standard InChI is InChI=1S/C17H21N5O2S/c1-12-11-21(17(18)20-12)19-10-13-7-8-16(15(9-13)22(23)24)25-14-5-3-2-4-6-14/h7-11,14H,2-6H2,1H3,(H2,18,20). The van der Waals surface area contributed by atoms with Crippen molar-refractivity contribution in [3.8, 4) is 0 Å². The fraction of sp³-hybridized carbons (Fsp3) is 0.412. The number of rotatable bonds is 5. The summed E-state index contributed by atoms with van der Waals surface area (Å²) < 4.78 is 1.45. The highest BCUT2D eigenvalue weighted by molar-refractivity contribution is 8.00. The maximum Gasteiger partial charge on any atom is 0.283 e. The van der Waals surface area contributed by atoms with Gasteiger partial charge in [-0.15, -0.1) is 11.8 Å². The SMILES string of the molecule is Cc1cn(N=Cc2ccc(SC3CCCCC3)c([N+](=O)[O-])c2)c(N)n1. The summed E-state index contributed by atoms with van der Waals surface area (Å²) in [4.78, 5) is 15.9. The number of nitrogens with zero attached hydrogens (tertiary/aromatic N) is 4. The summed E-state index contributed by atoms with van der Waals surface area (Å²) in [6.45, 7) is 1.82. The zero-order valence-corrected chi connectivity index (χ0v) is 14.9. The molecule has 25 heavy (non-hydrogen) atoms. The van der Waals surface area contributed by atoms with E-state index in [4.69, 9.17) is 5.73 Å². The van der Waals surface area contributed by atoms with Crippen LogP contribution in [0.2, 0.25) is 0 Å². The van der Waals surface area contributed by atoms with E-state index in [2.05, 4.69) is 10.1 Å². The van der Waals surface area contributed by atoms with Crippen LogP contribution in [-0.4, -0.2) is 26.0 Å². The molecule has 2 aromatic rings. The van der Waals surface area contributed by atoms with E-state index in [-0.39, 0.29) is 16.6 Å². The van der Waals surface area contributed by atoms with Gasteiger partial charge in [0.25, 0.3) is 5.69 Å². The lowest BCUT2D eigenvalue weighted by Gasteiger charge is -2.20. The Hall–Kier alpha value is -2.35. The maximum absolute atomic E-state index is 11.5. The molecule has 1 saturated carbocycles. The monoisotopic (exact) mass is 359 g/mol. The van der Waals surface area contributed by atoms with Crippen LogP contribution in [0.15, 0.2) is 34.4 Å². The predicted octanol–water partition coefficient (Wildman–Crippen LogP) is 3.99. The minimum Gasteiger partial charge on any atom is -0.368 e. The van der Waals surface area contributed by atoms with E-state index in [1.54, 1.807) is 30.2 Å². The second-order valence-electron chi connectivity index (χ2n) is 6.19. The maximum atomic E-state index is 11.5. The van der Waals surface area contributed by atoms with E-state index in [1.165, 1.54) is 23.9 Å². The highest BCUT2D eigenvalue weighted by Crippen LogP contribution is 2.38. The van der Waals surface area contributed by atoms with Crippen LogP contribution in [0.25, 0.3) is 0 Å². The summed E-state index contributed by atoms with van der Waals surface area (Å²) in [5, 5.41) is 16.2. The zero-order chi connectivity index (χ0) is 17.8. The summed E-state index contributed by atoms with van der Waals surface area (Å²) in [7, 11) is 0. The number of hydrogen-bond acceptors (Lipinski definition) is 6. The van der Waals surface area contributed by atoms with Crippen molar-refractivity contribution >= 4 is 29.6 Å². The lowest BCUT2D eigenvalue weighted by atomic mass is 10.0. The van der Waals surface area contributed by atoms with Crippen LogP contribution in [0.1, 0.15) is 43.4 Å². The number of anilines is 1. The Morgan fingerprint density at radius 2 is 2.16 bits per heavy atom. The second kappa shape index (κ2) is 7.69. The Kier molecular flexibility index (Phi) is 5.37. The molecule has 7 nitrogen and oxygen atoms in total. The first-order chi connectivity index (χ1) is 12.0. The van der Waals surface area contributed by atoms with E-state index < -0.39 is 0 Å². The van der Waals surface area contributed by atoms with Crippen LogP contribution in [0, 0.1) is 17.0 Å². The average Bonchev–Trinajstić information content (AvgIpc) is 2.92. The minimum absolute atomic E-state index is 0.134. The van der Waals surface area contributed by atoms with Gasteiger partial charge in [0.15, 0.2) is 0 Å². The Balaban J connectivity index is 1.80. The third kappa shape index (κ3) is 4.39. The number of benzene rings is 1. The first kappa shape index (κ1) is 17.5. The van der Waals surface area contributed by atoms with E-state index in [0.717, 1.165) is 23.4 Å². The fourth-order valence-corrected chi connectivity index (χ4v) is 4.27. The fourth-order valence-electron chi connectivity index (χ4n) is 2.94. The van der Waals surface area contributed by atoms with Gasteiger partial charge in [0.05, 0.1) is 27.9 Å². The van der Waals surface area contributed by atoms with Crippen molar-refractivity contribution in [2.24, 2.45) is 5.10 Å². The largest absolute Gasteiger partial charge is 0.368 e. The Bertz CT molecular complexity index is 796. The molecule has 2 N–H and O–H groups in total. The van der Waals surface area contributed by atoms with Crippen LogP contribution in [0.4, 0.5) is 11.6 Å². The number of imidazole rings is 1. The molecule has 0 bridgehead atoms. The first-order valence-electron chi connectivity index (χ1n) is 8.34. The molecule has 1 fully saturated rings. The molecule has 0 unspecified atom stereocenters. The van der Waals surface area contributed by atoms with Gasteiger partial charge in [0.2, 0.25) is 5.95 Å². The molecular weight excluding hydrogens is 338 g/mol. The molecule has 0 radical (unpaired) electrons. The number of nitro groups is 1. The molecule has 1 aliphatic rings. The lowest BCUT2D eigenvalue weighted by Crippen LogP contribution is -2.08. The van der Waals surface area contributed by atoms with E-state index >= 15 is 0 Å². The molecule has 0 amide bonds. The normalized spacial score (nSPS) is 15.7. The summed E-state index contributed by atoms with van der Waals surface area (Å²) in [6, 6.07) is 5.23. The molecule has 1 aliphatic carbocycles. The summed E-state index contributed by atoms with van der Waals surface area (Å²) in [5.41, 5.74) is 7.29. The van der Waals surface area contributed by atoms with Gasteiger partial charge in [-0.3, -0.25) is 10.1 Å². The van der Waals surface area contributed by atoms with Crippen LogP contribution in [0.3, 0.4) is 0 Å². The van der Waals surface area contributed by atoms with Gasteiger partial charge in [-0.25, -0.2) is 9.66 Å². The molecule has 0 aliphatic heterocycles. The number of nitrogen functional groups attached to an aromatic ring is 1. The van der Waals surface area contributed by atoms with Crippen molar-refractivity contribution in [2.75, 3.05) is 5.73 Å². The van der Waals surface area contributed by atoms with E-state index in [0.29, 0.717) is 10.8 Å². The number of aromatic nitrogens is 2. The number of nitro benzene ring substituents is 1. The quantitative estimate of drug-likeness (QED) is 0.494. The van der Waals surface area contributed by atoms with Gasteiger partial charge in [0, 0.05) is 16.9 Å². The molecule has 1 aromatic carbocycles. The predicted molar refractivity (Wildman–Crippen MR) is 100 cm³/mol. The average molecular weight is 359 g/mol. The van der Waals surface area contributed by atoms with Crippen molar-refractivity contribution in [1.82, 2.24) is 9.66 Å². The van der Waals surface area contributed by atoms with Gasteiger partial charge >= 0.3 is 0 Å². The van der Waals surface area contributed by atoms with Gasteiger partial charge in [-0.05, 0) is 25.8 Å². The third-order valence-corrected chi connectivity index (χ3v) is 5.60. The van der Waals surface area contributed by atoms with Crippen molar-refractivity contribution in [1.29, 1.82) is 0 Å². The van der Waals surface area contributed by atoms with Crippen molar-refractivity contribution in [3.05, 3.63) is 45.8 Å². The van der Waals surface area contributed by atoms with Gasteiger partial charge in [-0.1, -0.05) is 25.3 Å². The molecule has 0 spiro atoms. The summed E-state index contributed by atoms with van der Waals surface area (Å²) in [5.74, 6) is 0.285. The number of aryl methyl sites for hydroxylation is 1. The van der Waals surface area contributed by atoms with Crippen molar-refractivity contribution in [2.45, 2.75) is 49.2 Å². The van der Waals surface area contributed by atoms with Crippen LogP contribution >= 0.6 is 11.8 Å². The molecule has 1 heterocycles. The third-order valence-electron chi connectivity index (χ3n) is 4.19. The highest BCUT2D eigenvalue weighted by Gasteiger charge is 2.21. The summed E-state index contributed by atoms with van der Waals surface area (Å²) >= 11 is 1.63. The molecular formula is C17H21N5O2S. The van der Waals surface area contributed by atoms with Crippen LogP contribution in [0.5, 0.6) is 0 Å². The van der Waals surface area contributed by atoms with Crippen LogP contribution in [-0.2, 0) is 0 Å². The molecule has 1 aromatic heterocycles. The Labute approximate surface area is 150 Å². The van der Waals surface area contributed by atoms with Crippen molar-refractivity contribution in [3.63, 3.8) is 0 Å². The van der Waals surface area contributed by atoms with Gasteiger partial charge < -0.3 is 5.73 Å². The van der Waals surface area contributed by atoms with E-state index in [1.807, 2.05) is 19.1 Å². The Morgan fingerprint density at radius 1 is 1.40 bits per heavy atom. The number of thioether (sulfide) groups is 1. The number of nitrogens with two attached hydrogens (primary N) is 1.